The van der Waals surface area contributed by atoms with Crippen LogP contribution in [0.2, 0.25) is 0 Å². The van der Waals surface area contributed by atoms with E-state index in [1.807, 2.05) is 43.3 Å². The standard InChI is InChI=1S/C30H32N4O2/c1-21-11-13-24(14-12-21)28(23-8-4-3-5-9-23)32-30(35)25-15-17-34(18-16-25)20-27-31-29(33-36-27)26-10-6-7-22(2)19-26/h3-14,19,25,28H,15-18,20H2,1-2H3,(H,32,35). The molecule has 0 bridgehead atoms. The SMILES string of the molecule is Cc1ccc(C(NC(=O)C2CCN(Cc3nc(-c4cccc(C)c4)no3)CC2)c2ccccc2)cc1. The third-order valence-electron chi connectivity index (χ3n) is 6.89. The zero-order valence-electron chi connectivity index (χ0n) is 20.9. The second kappa shape index (κ2) is 10.9. The highest BCUT2D eigenvalue weighted by atomic mass is 16.5. The van der Waals surface area contributed by atoms with Crippen molar-refractivity contribution in [2.24, 2.45) is 5.92 Å². The third-order valence-corrected chi connectivity index (χ3v) is 6.89. The molecule has 1 aliphatic rings. The Morgan fingerprint density at radius 2 is 1.67 bits per heavy atom. The molecule has 184 valence electrons. The molecule has 1 unspecified atom stereocenters. The van der Waals surface area contributed by atoms with Crippen molar-refractivity contribution in [3.63, 3.8) is 0 Å². The number of aryl methyl sites for hydroxylation is 2. The summed E-state index contributed by atoms with van der Waals surface area (Å²) >= 11 is 0. The van der Waals surface area contributed by atoms with Gasteiger partial charge in [-0.25, -0.2) is 0 Å². The van der Waals surface area contributed by atoms with E-state index in [9.17, 15) is 4.79 Å². The molecule has 3 aromatic carbocycles. The fourth-order valence-electron chi connectivity index (χ4n) is 4.79. The van der Waals surface area contributed by atoms with E-state index < -0.39 is 0 Å². The minimum atomic E-state index is -0.157. The number of nitrogens with zero attached hydrogens (tertiary/aromatic N) is 3. The first-order chi connectivity index (χ1) is 17.5. The van der Waals surface area contributed by atoms with E-state index in [4.69, 9.17) is 4.52 Å². The van der Waals surface area contributed by atoms with Gasteiger partial charge in [-0.15, -0.1) is 0 Å². The van der Waals surface area contributed by atoms with Crippen LogP contribution in [0, 0.1) is 19.8 Å². The lowest BCUT2D eigenvalue weighted by atomic mass is 9.93. The van der Waals surface area contributed by atoms with Crippen LogP contribution in [0.3, 0.4) is 0 Å². The average molecular weight is 481 g/mol. The highest BCUT2D eigenvalue weighted by molar-refractivity contribution is 5.79. The summed E-state index contributed by atoms with van der Waals surface area (Å²) in [6, 6.07) is 26.5. The molecule has 0 aliphatic carbocycles. The Morgan fingerprint density at radius 1 is 0.944 bits per heavy atom. The van der Waals surface area contributed by atoms with E-state index >= 15 is 0 Å². The fraction of sp³-hybridized carbons (Fsp3) is 0.300. The van der Waals surface area contributed by atoms with Crippen LogP contribution in [0.5, 0.6) is 0 Å². The molecule has 1 atom stereocenters. The maximum Gasteiger partial charge on any atom is 0.241 e. The second-order valence-electron chi connectivity index (χ2n) is 9.69. The van der Waals surface area contributed by atoms with Gasteiger partial charge in [-0.1, -0.05) is 89.1 Å². The van der Waals surface area contributed by atoms with E-state index in [1.165, 1.54) is 5.56 Å². The molecule has 1 aliphatic heterocycles. The number of likely N-dealkylation sites (tertiary alicyclic amines) is 1. The number of rotatable bonds is 7. The Bertz CT molecular complexity index is 1290. The van der Waals surface area contributed by atoms with Crippen molar-refractivity contribution < 1.29 is 9.32 Å². The number of aromatic nitrogens is 2. The highest BCUT2D eigenvalue weighted by Gasteiger charge is 2.28. The monoisotopic (exact) mass is 480 g/mol. The largest absolute Gasteiger partial charge is 0.345 e. The quantitative estimate of drug-likeness (QED) is 0.380. The first-order valence-corrected chi connectivity index (χ1v) is 12.6. The van der Waals surface area contributed by atoms with Crippen molar-refractivity contribution in [1.82, 2.24) is 20.4 Å². The summed E-state index contributed by atoms with van der Waals surface area (Å²) in [5.41, 5.74) is 5.51. The number of nitrogens with one attached hydrogen (secondary N) is 1. The first-order valence-electron chi connectivity index (χ1n) is 12.6. The van der Waals surface area contributed by atoms with E-state index in [0.717, 1.165) is 48.2 Å². The zero-order chi connectivity index (χ0) is 24.9. The van der Waals surface area contributed by atoms with Gasteiger partial charge in [0, 0.05) is 11.5 Å². The number of hydrogen-bond acceptors (Lipinski definition) is 5. The van der Waals surface area contributed by atoms with Gasteiger partial charge in [-0.3, -0.25) is 9.69 Å². The van der Waals surface area contributed by atoms with E-state index in [0.29, 0.717) is 18.3 Å². The molecule has 4 aromatic rings. The second-order valence-corrected chi connectivity index (χ2v) is 9.69. The molecule has 0 saturated carbocycles. The molecule has 1 fully saturated rings. The van der Waals surface area contributed by atoms with Gasteiger partial charge in [0.1, 0.15) is 0 Å². The minimum Gasteiger partial charge on any atom is -0.345 e. The number of carbonyl (C=O) groups is 1. The van der Waals surface area contributed by atoms with Crippen molar-refractivity contribution >= 4 is 5.91 Å². The van der Waals surface area contributed by atoms with Crippen molar-refractivity contribution in [3.05, 3.63) is 107 Å². The molecule has 36 heavy (non-hydrogen) atoms. The Balaban J connectivity index is 1.19. The lowest BCUT2D eigenvalue weighted by Crippen LogP contribution is -2.41. The van der Waals surface area contributed by atoms with Gasteiger partial charge in [0.15, 0.2) is 0 Å². The summed E-state index contributed by atoms with van der Waals surface area (Å²) < 4.78 is 5.51. The van der Waals surface area contributed by atoms with Crippen LogP contribution < -0.4 is 5.32 Å². The zero-order valence-corrected chi connectivity index (χ0v) is 20.9. The Labute approximate surface area is 212 Å². The van der Waals surface area contributed by atoms with Gasteiger partial charge in [0.05, 0.1) is 12.6 Å². The molecule has 6 heteroatoms. The van der Waals surface area contributed by atoms with Gasteiger partial charge in [-0.05, 0) is 57.0 Å². The maximum atomic E-state index is 13.3. The first kappa shape index (κ1) is 23.9. The minimum absolute atomic E-state index is 0.0107. The molecule has 1 saturated heterocycles. The number of hydrogen-bond donors (Lipinski definition) is 1. The number of piperidine rings is 1. The molecule has 6 nitrogen and oxygen atoms in total. The molecule has 1 amide bonds. The number of benzene rings is 3. The van der Waals surface area contributed by atoms with Crippen LogP contribution in [0.4, 0.5) is 0 Å². The molecular weight excluding hydrogens is 448 g/mol. The molecular formula is C30H32N4O2. The summed E-state index contributed by atoms with van der Waals surface area (Å²) in [5.74, 6) is 1.33. The van der Waals surface area contributed by atoms with Gasteiger partial charge in [0.25, 0.3) is 0 Å². The average Bonchev–Trinajstić information content (AvgIpc) is 3.37. The van der Waals surface area contributed by atoms with Crippen LogP contribution in [-0.4, -0.2) is 34.0 Å². The highest BCUT2D eigenvalue weighted by Crippen LogP contribution is 2.26. The summed E-state index contributed by atoms with van der Waals surface area (Å²) in [5, 5.41) is 7.49. The summed E-state index contributed by atoms with van der Waals surface area (Å²) in [7, 11) is 0. The predicted molar refractivity (Wildman–Crippen MR) is 140 cm³/mol. The number of amides is 1. The van der Waals surface area contributed by atoms with Crippen LogP contribution in [0.15, 0.2) is 83.4 Å². The van der Waals surface area contributed by atoms with Crippen molar-refractivity contribution in [2.75, 3.05) is 13.1 Å². The van der Waals surface area contributed by atoms with Crippen LogP contribution >= 0.6 is 0 Å². The number of carbonyl (C=O) groups excluding carboxylic acids is 1. The van der Waals surface area contributed by atoms with Crippen molar-refractivity contribution in [3.8, 4) is 11.4 Å². The molecule has 5 rings (SSSR count). The van der Waals surface area contributed by atoms with Gasteiger partial charge in [0.2, 0.25) is 17.6 Å². The molecule has 1 N–H and O–H groups in total. The van der Waals surface area contributed by atoms with Gasteiger partial charge in [-0.2, -0.15) is 4.98 Å². The van der Waals surface area contributed by atoms with Crippen LogP contribution in [0.1, 0.15) is 47.0 Å². The van der Waals surface area contributed by atoms with E-state index in [2.05, 4.69) is 69.7 Å². The van der Waals surface area contributed by atoms with Crippen molar-refractivity contribution in [2.45, 2.75) is 39.3 Å². The maximum absolute atomic E-state index is 13.3. The molecule has 1 aromatic heterocycles. The summed E-state index contributed by atoms with van der Waals surface area (Å²) in [6.07, 6.45) is 1.61. The third kappa shape index (κ3) is 5.71. The topological polar surface area (TPSA) is 71.3 Å². The molecule has 0 spiro atoms. The molecule has 0 radical (unpaired) electrons. The van der Waals surface area contributed by atoms with Crippen LogP contribution in [0.25, 0.3) is 11.4 Å². The van der Waals surface area contributed by atoms with E-state index in [1.54, 1.807) is 0 Å². The van der Waals surface area contributed by atoms with Crippen LogP contribution in [-0.2, 0) is 11.3 Å². The fourth-order valence-corrected chi connectivity index (χ4v) is 4.79. The van der Waals surface area contributed by atoms with Crippen molar-refractivity contribution in [1.29, 1.82) is 0 Å². The predicted octanol–water partition coefficient (Wildman–Crippen LogP) is 5.47. The lowest BCUT2D eigenvalue weighted by molar-refractivity contribution is -0.127. The Morgan fingerprint density at radius 3 is 2.39 bits per heavy atom. The summed E-state index contributed by atoms with van der Waals surface area (Å²) in [4.78, 5) is 20.2. The Kier molecular flexibility index (Phi) is 7.23. The Hall–Kier alpha value is -3.77. The van der Waals surface area contributed by atoms with E-state index in [-0.39, 0.29) is 17.9 Å². The normalized spacial score (nSPS) is 15.5. The summed E-state index contributed by atoms with van der Waals surface area (Å²) in [6.45, 7) is 6.36. The smallest absolute Gasteiger partial charge is 0.241 e. The lowest BCUT2D eigenvalue weighted by Gasteiger charge is -2.31. The van der Waals surface area contributed by atoms with Gasteiger partial charge < -0.3 is 9.84 Å². The van der Waals surface area contributed by atoms with Gasteiger partial charge >= 0.3 is 0 Å². The molecule has 2 heterocycles.